The Kier molecular flexibility index (Phi) is 5.58. The fraction of sp³-hybridized carbons (Fsp3) is 0.267. The van der Waals surface area contributed by atoms with Crippen LogP contribution in [0.2, 0.25) is 0 Å². The van der Waals surface area contributed by atoms with Crippen LogP contribution in [0.1, 0.15) is 15.2 Å². The molecule has 0 aliphatic heterocycles. The second-order valence-electron chi connectivity index (χ2n) is 4.26. The summed E-state index contributed by atoms with van der Waals surface area (Å²) < 4.78 is 5.11. The molecule has 0 saturated carbocycles. The van der Waals surface area contributed by atoms with Crippen molar-refractivity contribution < 1.29 is 9.53 Å². The molecule has 0 unspecified atom stereocenters. The van der Waals surface area contributed by atoms with Gasteiger partial charge in [0, 0.05) is 19.6 Å². The van der Waals surface area contributed by atoms with Gasteiger partial charge in [-0.15, -0.1) is 11.3 Å². The molecule has 0 fully saturated rings. The van der Waals surface area contributed by atoms with Crippen LogP contribution < -0.4 is 15.4 Å². The lowest BCUT2D eigenvalue weighted by Crippen LogP contribution is -2.31. The van der Waals surface area contributed by atoms with Crippen LogP contribution >= 0.6 is 11.3 Å². The monoisotopic (exact) mass is 290 g/mol. The van der Waals surface area contributed by atoms with Gasteiger partial charge in [-0.1, -0.05) is 18.2 Å². The Morgan fingerprint density at radius 1 is 1.20 bits per heavy atom. The highest BCUT2D eigenvalue weighted by Gasteiger charge is 2.04. The number of methoxy groups -OCH3 is 1. The van der Waals surface area contributed by atoms with Crippen molar-refractivity contribution in [1.29, 1.82) is 0 Å². The largest absolute Gasteiger partial charge is 0.497 e. The van der Waals surface area contributed by atoms with Crippen LogP contribution in [-0.2, 0) is 6.54 Å². The van der Waals surface area contributed by atoms with Crippen molar-refractivity contribution in [2.75, 3.05) is 20.2 Å². The van der Waals surface area contributed by atoms with Crippen LogP contribution in [0.3, 0.4) is 0 Å². The second-order valence-corrected chi connectivity index (χ2v) is 5.21. The number of hydrogen-bond donors (Lipinski definition) is 2. The van der Waals surface area contributed by atoms with Crippen molar-refractivity contribution in [3.8, 4) is 5.75 Å². The van der Waals surface area contributed by atoms with Crippen LogP contribution in [0.25, 0.3) is 0 Å². The first-order chi connectivity index (χ1) is 9.79. The Labute approximate surface area is 122 Å². The van der Waals surface area contributed by atoms with Crippen molar-refractivity contribution in [3.05, 3.63) is 52.2 Å². The SMILES string of the molecule is COc1ccc(CNCCNC(=O)c2cccs2)cc1. The molecule has 0 atom stereocenters. The van der Waals surface area contributed by atoms with E-state index in [1.165, 1.54) is 16.9 Å². The van der Waals surface area contributed by atoms with Crippen LogP contribution in [0, 0.1) is 0 Å². The quantitative estimate of drug-likeness (QED) is 0.769. The summed E-state index contributed by atoms with van der Waals surface area (Å²) in [6.45, 7) is 2.13. The lowest BCUT2D eigenvalue weighted by molar-refractivity contribution is 0.0958. The van der Waals surface area contributed by atoms with E-state index in [9.17, 15) is 4.79 Å². The van der Waals surface area contributed by atoms with E-state index in [-0.39, 0.29) is 5.91 Å². The highest BCUT2D eigenvalue weighted by Crippen LogP contribution is 2.10. The minimum absolute atomic E-state index is 0.00810. The number of nitrogens with one attached hydrogen (secondary N) is 2. The molecule has 0 aliphatic rings. The standard InChI is InChI=1S/C15H18N2O2S/c1-19-13-6-4-12(5-7-13)11-16-8-9-17-15(18)14-3-2-10-20-14/h2-7,10,16H,8-9,11H2,1H3,(H,17,18). The molecule has 4 nitrogen and oxygen atoms in total. The van der Waals surface area contributed by atoms with E-state index >= 15 is 0 Å². The fourth-order valence-corrected chi connectivity index (χ4v) is 2.38. The average Bonchev–Trinajstić information content (AvgIpc) is 3.01. The molecule has 0 aliphatic carbocycles. The molecular formula is C15H18N2O2S. The summed E-state index contributed by atoms with van der Waals surface area (Å²) in [4.78, 5) is 12.4. The second kappa shape index (κ2) is 7.67. The van der Waals surface area contributed by atoms with Gasteiger partial charge in [-0.05, 0) is 29.1 Å². The third-order valence-electron chi connectivity index (χ3n) is 2.82. The molecule has 1 heterocycles. The number of carbonyl (C=O) groups excluding carboxylic acids is 1. The zero-order valence-corrected chi connectivity index (χ0v) is 12.2. The zero-order chi connectivity index (χ0) is 14.2. The van der Waals surface area contributed by atoms with Gasteiger partial charge < -0.3 is 15.4 Å². The number of hydrogen-bond acceptors (Lipinski definition) is 4. The number of rotatable bonds is 7. The molecule has 2 N–H and O–H groups in total. The van der Waals surface area contributed by atoms with Gasteiger partial charge in [-0.2, -0.15) is 0 Å². The van der Waals surface area contributed by atoms with Crippen molar-refractivity contribution in [1.82, 2.24) is 10.6 Å². The molecule has 0 spiro atoms. The number of ether oxygens (including phenoxy) is 1. The maximum absolute atomic E-state index is 11.7. The van der Waals surface area contributed by atoms with Gasteiger partial charge in [0.2, 0.25) is 0 Å². The van der Waals surface area contributed by atoms with Crippen molar-refractivity contribution in [2.24, 2.45) is 0 Å². The summed E-state index contributed by atoms with van der Waals surface area (Å²) in [5, 5.41) is 8.07. The van der Waals surface area contributed by atoms with Gasteiger partial charge >= 0.3 is 0 Å². The maximum Gasteiger partial charge on any atom is 0.261 e. The van der Waals surface area contributed by atoms with Gasteiger partial charge in [0.05, 0.1) is 12.0 Å². The lowest BCUT2D eigenvalue weighted by Gasteiger charge is -2.07. The van der Waals surface area contributed by atoms with Gasteiger partial charge in [-0.25, -0.2) is 0 Å². The van der Waals surface area contributed by atoms with Crippen LogP contribution in [0.4, 0.5) is 0 Å². The number of benzene rings is 1. The van der Waals surface area contributed by atoms with Crippen LogP contribution in [0.5, 0.6) is 5.75 Å². The van der Waals surface area contributed by atoms with E-state index in [0.717, 1.165) is 23.7 Å². The number of amides is 1. The highest BCUT2D eigenvalue weighted by molar-refractivity contribution is 7.12. The Morgan fingerprint density at radius 3 is 2.65 bits per heavy atom. The fourth-order valence-electron chi connectivity index (χ4n) is 1.74. The van der Waals surface area contributed by atoms with Gasteiger partial charge in [0.15, 0.2) is 0 Å². The molecule has 2 rings (SSSR count). The van der Waals surface area contributed by atoms with Crippen LogP contribution in [-0.4, -0.2) is 26.1 Å². The van der Waals surface area contributed by atoms with Crippen molar-refractivity contribution in [3.63, 3.8) is 0 Å². The first-order valence-electron chi connectivity index (χ1n) is 6.45. The Morgan fingerprint density at radius 2 is 2.00 bits per heavy atom. The minimum Gasteiger partial charge on any atom is -0.497 e. The number of thiophene rings is 1. The first kappa shape index (κ1) is 14.6. The molecule has 5 heteroatoms. The van der Waals surface area contributed by atoms with Crippen molar-refractivity contribution >= 4 is 17.2 Å². The smallest absolute Gasteiger partial charge is 0.261 e. The predicted molar refractivity (Wildman–Crippen MR) is 81.4 cm³/mol. The summed E-state index contributed by atoms with van der Waals surface area (Å²) in [6.07, 6.45) is 0. The number of carbonyl (C=O) groups is 1. The topological polar surface area (TPSA) is 50.4 Å². The molecule has 2 aromatic rings. The maximum atomic E-state index is 11.7. The van der Waals surface area contributed by atoms with Gasteiger partial charge in [0.1, 0.15) is 5.75 Å². The van der Waals surface area contributed by atoms with Gasteiger partial charge in [0.25, 0.3) is 5.91 Å². The van der Waals surface area contributed by atoms with E-state index < -0.39 is 0 Å². The summed E-state index contributed by atoms with van der Waals surface area (Å²) in [5.74, 6) is 0.850. The molecular weight excluding hydrogens is 272 g/mol. The molecule has 20 heavy (non-hydrogen) atoms. The average molecular weight is 290 g/mol. The van der Waals surface area contributed by atoms with Crippen LogP contribution in [0.15, 0.2) is 41.8 Å². The predicted octanol–water partition coefficient (Wildman–Crippen LogP) is 2.28. The summed E-state index contributed by atoms with van der Waals surface area (Å²) in [7, 11) is 1.66. The third kappa shape index (κ3) is 4.36. The minimum atomic E-state index is -0.00810. The normalized spacial score (nSPS) is 10.2. The third-order valence-corrected chi connectivity index (χ3v) is 3.69. The summed E-state index contributed by atoms with van der Waals surface area (Å²) >= 11 is 1.45. The molecule has 106 valence electrons. The Hall–Kier alpha value is -1.85. The Bertz CT molecular complexity index is 523. The summed E-state index contributed by atoms with van der Waals surface area (Å²) in [5.41, 5.74) is 1.19. The highest BCUT2D eigenvalue weighted by atomic mass is 32.1. The van der Waals surface area contributed by atoms with Gasteiger partial charge in [-0.3, -0.25) is 4.79 Å². The lowest BCUT2D eigenvalue weighted by atomic mass is 10.2. The van der Waals surface area contributed by atoms with E-state index in [2.05, 4.69) is 10.6 Å². The molecule has 0 radical (unpaired) electrons. The molecule has 0 saturated heterocycles. The first-order valence-corrected chi connectivity index (χ1v) is 7.33. The molecule has 0 bridgehead atoms. The van der Waals surface area contributed by atoms with E-state index in [1.807, 2.05) is 41.8 Å². The van der Waals surface area contributed by atoms with E-state index in [1.54, 1.807) is 7.11 Å². The molecule has 1 aromatic heterocycles. The van der Waals surface area contributed by atoms with E-state index in [0.29, 0.717) is 6.54 Å². The zero-order valence-electron chi connectivity index (χ0n) is 11.4. The molecule has 1 aromatic carbocycles. The summed E-state index contributed by atoms with van der Waals surface area (Å²) in [6, 6.07) is 11.6. The molecule has 1 amide bonds. The van der Waals surface area contributed by atoms with E-state index in [4.69, 9.17) is 4.74 Å². The Balaban J connectivity index is 1.62. The van der Waals surface area contributed by atoms with Crippen molar-refractivity contribution in [2.45, 2.75) is 6.54 Å².